The smallest absolute Gasteiger partial charge is 0.146 e. The SMILES string of the molecule is CC.Fc1cc(CBr)ccc1N1CCOCC1. The number of nitrogens with zero attached hydrogens (tertiary/aromatic N) is 1. The zero-order valence-corrected chi connectivity index (χ0v) is 12.0. The number of rotatable bonds is 2. The lowest BCUT2D eigenvalue weighted by atomic mass is 10.2. The van der Waals surface area contributed by atoms with E-state index >= 15 is 0 Å². The third-order valence-corrected chi connectivity index (χ3v) is 3.17. The van der Waals surface area contributed by atoms with Crippen molar-refractivity contribution in [3.05, 3.63) is 29.6 Å². The summed E-state index contributed by atoms with van der Waals surface area (Å²) in [6.07, 6.45) is 0. The largest absolute Gasteiger partial charge is 0.378 e. The molecule has 1 fully saturated rings. The highest BCUT2D eigenvalue weighted by atomic mass is 79.9. The van der Waals surface area contributed by atoms with Crippen LogP contribution in [0.4, 0.5) is 10.1 Å². The second-order valence-corrected chi connectivity index (χ2v) is 4.08. The fourth-order valence-electron chi connectivity index (χ4n) is 1.69. The van der Waals surface area contributed by atoms with E-state index in [1.54, 1.807) is 6.07 Å². The quantitative estimate of drug-likeness (QED) is 0.774. The molecule has 96 valence electrons. The van der Waals surface area contributed by atoms with E-state index in [-0.39, 0.29) is 5.82 Å². The van der Waals surface area contributed by atoms with Gasteiger partial charge in [0.15, 0.2) is 0 Å². The van der Waals surface area contributed by atoms with Gasteiger partial charge in [-0.05, 0) is 17.7 Å². The second-order valence-electron chi connectivity index (χ2n) is 3.52. The highest BCUT2D eigenvalue weighted by molar-refractivity contribution is 9.08. The molecule has 0 N–H and O–H groups in total. The number of morpholine rings is 1. The summed E-state index contributed by atoms with van der Waals surface area (Å²) in [5.41, 5.74) is 1.65. The fourth-order valence-corrected chi connectivity index (χ4v) is 2.04. The van der Waals surface area contributed by atoms with Gasteiger partial charge in [0.05, 0.1) is 18.9 Å². The average molecular weight is 304 g/mol. The topological polar surface area (TPSA) is 12.5 Å². The first-order valence-electron chi connectivity index (χ1n) is 5.98. The molecule has 0 saturated carbocycles. The number of alkyl halides is 1. The first-order valence-corrected chi connectivity index (χ1v) is 7.10. The van der Waals surface area contributed by atoms with Crippen LogP contribution in [0, 0.1) is 5.82 Å². The van der Waals surface area contributed by atoms with Gasteiger partial charge in [-0.25, -0.2) is 4.39 Å². The van der Waals surface area contributed by atoms with Crippen molar-refractivity contribution in [1.82, 2.24) is 0 Å². The third kappa shape index (κ3) is 3.96. The van der Waals surface area contributed by atoms with Gasteiger partial charge in [0, 0.05) is 18.4 Å². The summed E-state index contributed by atoms with van der Waals surface area (Å²) >= 11 is 3.31. The minimum absolute atomic E-state index is 0.145. The van der Waals surface area contributed by atoms with Crippen molar-refractivity contribution < 1.29 is 9.13 Å². The minimum atomic E-state index is -0.145. The molecule has 1 saturated heterocycles. The van der Waals surface area contributed by atoms with Gasteiger partial charge in [-0.15, -0.1) is 0 Å². The van der Waals surface area contributed by atoms with Crippen molar-refractivity contribution in [2.45, 2.75) is 19.2 Å². The van der Waals surface area contributed by atoms with Gasteiger partial charge >= 0.3 is 0 Å². The van der Waals surface area contributed by atoms with Gasteiger partial charge in [-0.2, -0.15) is 0 Å². The maximum absolute atomic E-state index is 13.7. The summed E-state index contributed by atoms with van der Waals surface area (Å²) in [5, 5.41) is 0.688. The standard InChI is InChI=1S/C11H13BrFNO.C2H6/c12-8-9-1-2-11(10(13)7-9)14-3-5-15-6-4-14;1-2/h1-2,7H,3-6,8H2;1-2H3. The van der Waals surface area contributed by atoms with Gasteiger partial charge in [0.2, 0.25) is 0 Å². The van der Waals surface area contributed by atoms with Crippen LogP contribution in [0.5, 0.6) is 0 Å². The predicted octanol–water partition coefficient (Wildman–Crippen LogP) is 3.58. The maximum atomic E-state index is 13.7. The Morgan fingerprint density at radius 3 is 2.47 bits per heavy atom. The van der Waals surface area contributed by atoms with Crippen molar-refractivity contribution in [3.63, 3.8) is 0 Å². The highest BCUT2D eigenvalue weighted by Crippen LogP contribution is 2.22. The van der Waals surface area contributed by atoms with Crippen LogP contribution in [0.3, 0.4) is 0 Å². The summed E-state index contributed by atoms with van der Waals surface area (Å²) in [7, 11) is 0. The summed E-state index contributed by atoms with van der Waals surface area (Å²) in [6, 6.07) is 5.37. The van der Waals surface area contributed by atoms with Crippen LogP contribution >= 0.6 is 15.9 Å². The van der Waals surface area contributed by atoms with Gasteiger partial charge in [-0.3, -0.25) is 0 Å². The molecule has 1 aliphatic rings. The molecule has 4 heteroatoms. The zero-order valence-electron chi connectivity index (χ0n) is 10.4. The molecule has 1 aromatic carbocycles. The van der Waals surface area contributed by atoms with Gasteiger partial charge < -0.3 is 9.64 Å². The number of anilines is 1. The molecule has 0 spiro atoms. The molecule has 0 aliphatic carbocycles. The first kappa shape index (κ1) is 14.5. The number of benzene rings is 1. The predicted molar refractivity (Wildman–Crippen MR) is 73.4 cm³/mol. The van der Waals surface area contributed by atoms with E-state index in [4.69, 9.17) is 4.74 Å². The summed E-state index contributed by atoms with van der Waals surface area (Å²) < 4.78 is 19.0. The van der Waals surface area contributed by atoms with E-state index in [2.05, 4.69) is 15.9 Å². The molecule has 0 bridgehead atoms. The molecule has 1 heterocycles. The van der Waals surface area contributed by atoms with Crippen LogP contribution < -0.4 is 4.90 Å². The average Bonchev–Trinajstić information content (AvgIpc) is 2.42. The normalized spacial score (nSPS) is 15.2. The number of hydrogen-bond acceptors (Lipinski definition) is 2. The highest BCUT2D eigenvalue weighted by Gasteiger charge is 2.14. The van der Waals surface area contributed by atoms with Crippen molar-refractivity contribution in [1.29, 1.82) is 0 Å². The molecule has 0 aromatic heterocycles. The minimum Gasteiger partial charge on any atom is -0.378 e. The Bertz CT molecular complexity index is 340. The van der Waals surface area contributed by atoms with Crippen molar-refractivity contribution >= 4 is 21.6 Å². The summed E-state index contributed by atoms with van der Waals surface area (Å²) in [4.78, 5) is 2.02. The van der Waals surface area contributed by atoms with Crippen molar-refractivity contribution in [2.24, 2.45) is 0 Å². The number of hydrogen-bond donors (Lipinski definition) is 0. The van der Waals surface area contributed by atoms with E-state index in [9.17, 15) is 4.39 Å². The van der Waals surface area contributed by atoms with E-state index in [1.807, 2.05) is 30.9 Å². The Hall–Kier alpha value is -0.610. The first-order chi connectivity index (χ1) is 8.31. The van der Waals surface area contributed by atoms with Crippen LogP contribution in [-0.4, -0.2) is 26.3 Å². The van der Waals surface area contributed by atoms with Crippen LogP contribution in [0.15, 0.2) is 18.2 Å². The van der Waals surface area contributed by atoms with Crippen molar-refractivity contribution in [3.8, 4) is 0 Å². The van der Waals surface area contributed by atoms with Gasteiger partial charge in [0.25, 0.3) is 0 Å². The lowest BCUT2D eigenvalue weighted by molar-refractivity contribution is 0.122. The molecule has 0 atom stereocenters. The van der Waals surface area contributed by atoms with Crippen LogP contribution in [0.1, 0.15) is 19.4 Å². The summed E-state index contributed by atoms with van der Waals surface area (Å²) in [5.74, 6) is -0.145. The lowest BCUT2D eigenvalue weighted by Gasteiger charge is -2.29. The van der Waals surface area contributed by atoms with E-state index < -0.39 is 0 Å². The van der Waals surface area contributed by atoms with Crippen LogP contribution in [-0.2, 0) is 10.1 Å². The Kier molecular flexibility index (Phi) is 6.52. The van der Waals surface area contributed by atoms with E-state index in [0.717, 1.165) is 18.7 Å². The molecular formula is C13H19BrFNO. The fraction of sp³-hybridized carbons (Fsp3) is 0.538. The third-order valence-electron chi connectivity index (χ3n) is 2.52. The summed E-state index contributed by atoms with van der Waals surface area (Å²) in [6.45, 7) is 6.90. The number of ether oxygens (including phenoxy) is 1. The van der Waals surface area contributed by atoms with Crippen molar-refractivity contribution in [2.75, 3.05) is 31.2 Å². The van der Waals surface area contributed by atoms with E-state index in [0.29, 0.717) is 24.2 Å². The number of halogens is 2. The molecule has 0 unspecified atom stereocenters. The maximum Gasteiger partial charge on any atom is 0.146 e. The van der Waals surface area contributed by atoms with Crippen LogP contribution in [0.25, 0.3) is 0 Å². The van der Waals surface area contributed by atoms with Crippen LogP contribution in [0.2, 0.25) is 0 Å². The second kappa shape index (κ2) is 7.67. The Balaban J connectivity index is 0.000000686. The molecule has 1 aliphatic heterocycles. The van der Waals surface area contributed by atoms with Gasteiger partial charge in [0.1, 0.15) is 5.82 Å². The molecule has 2 rings (SSSR count). The molecule has 0 amide bonds. The Labute approximate surface area is 111 Å². The molecular weight excluding hydrogens is 285 g/mol. The van der Waals surface area contributed by atoms with E-state index in [1.165, 1.54) is 0 Å². The Morgan fingerprint density at radius 2 is 1.94 bits per heavy atom. The molecule has 1 aromatic rings. The molecule has 17 heavy (non-hydrogen) atoms. The zero-order chi connectivity index (χ0) is 12.7. The lowest BCUT2D eigenvalue weighted by Crippen LogP contribution is -2.36. The molecule has 0 radical (unpaired) electrons. The van der Waals surface area contributed by atoms with Gasteiger partial charge in [-0.1, -0.05) is 35.8 Å². The monoisotopic (exact) mass is 303 g/mol. The molecule has 2 nitrogen and oxygen atoms in total. The Morgan fingerprint density at radius 1 is 1.29 bits per heavy atom.